The maximum Gasteiger partial charge on any atom is 0.243 e. The van der Waals surface area contributed by atoms with Gasteiger partial charge in [0.05, 0.1) is 30.5 Å². The summed E-state index contributed by atoms with van der Waals surface area (Å²) in [6.45, 7) is 1.72. The number of halogens is 3. The van der Waals surface area contributed by atoms with Crippen molar-refractivity contribution in [2.75, 3.05) is 31.7 Å². The Morgan fingerprint density at radius 3 is 2.42 bits per heavy atom. The Bertz CT molecular complexity index is 1440. The van der Waals surface area contributed by atoms with E-state index in [4.69, 9.17) is 25.4 Å². The third-order valence-electron chi connectivity index (χ3n) is 7.32. The number of carbonyl (C=O) groups excluding carboxylic acids is 1. The minimum atomic E-state index is -0.685. The van der Waals surface area contributed by atoms with Crippen LogP contribution in [0.1, 0.15) is 50.5 Å². The van der Waals surface area contributed by atoms with Crippen LogP contribution in [0, 0.1) is 23.0 Å². The van der Waals surface area contributed by atoms with Crippen LogP contribution >= 0.6 is 12.4 Å². The number of methoxy groups -OCH3 is 1. The number of aromatic nitrogens is 1. The van der Waals surface area contributed by atoms with E-state index in [1.165, 1.54) is 31.4 Å². The van der Waals surface area contributed by atoms with Crippen molar-refractivity contribution in [2.45, 2.75) is 51.0 Å². The third kappa shape index (κ3) is 8.54. The number of rotatable bonds is 12. The lowest BCUT2D eigenvalue weighted by molar-refractivity contribution is -0.129. The van der Waals surface area contributed by atoms with Gasteiger partial charge in [-0.2, -0.15) is 5.26 Å². The molecule has 9 nitrogen and oxygen atoms in total. The number of benzene rings is 2. The van der Waals surface area contributed by atoms with Crippen LogP contribution in [0.5, 0.6) is 11.5 Å². The summed E-state index contributed by atoms with van der Waals surface area (Å²) in [5.41, 5.74) is 9.43. The van der Waals surface area contributed by atoms with Gasteiger partial charge in [-0.25, -0.2) is 19.2 Å². The van der Waals surface area contributed by atoms with E-state index in [2.05, 4.69) is 4.90 Å². The van der Waals surface area contributed by atoms with Crippen molar-refractivity contribution in [1.29, 1.82) is 5.26 Å². The first kappa shape index (κ1) is 33.5. The number of nitrogens with one attached hydrogen (secondary N) is 1. The number of nitrogens with zero attached hydrogens (tertiary/aromatic N) is 3. The summed E-state index contributed by atoms with van der Waals surface area (Å²) in [4.78, 5) is 18.3. The zero-order chi connectivity index (χ0) is 30.1. The zero-order valence-corrected chi connectivity index (χ0v) is 24.8. The first-order valence-electron chi connectivity index (χ1n) is 14.0. The van der Waals surface area contributed by atoms with Crippen molar-refractivity contribution >= 4 is 24.1 Å². The molecule has 2 heterocycles. The van der Waals surface area contributed by atoms with E-state index in [0.717, 1.165) is 25.7 Å². The van der Waals surface area contributed by atoms with E-state index < -0.39 is 17.5 Å². The second-order valence-corrected chi connectivity index (χ2v) is 10.2. The average Bonchev–Trinajstić information content (AvgIpc) is 3.00. The Morgan fingerprint density at radius 1 is 1.07 bits per heavy atom. The van der Waals surface area contributed by atoms with E-state index in [0.29, 0.717) is 66.5 Å². The molecule has 3 aromatic rings. The maximum atomic E-state index is 14.9. The summed E-state index contributed by atoms with van der Waals surface area (Å²) < 4.78 is 41.2. The number of hydrogen-bond acceptors (Lipinski definition) is 8. The van der Waals surface area contributed by atoms with Gasteiger partial charge in [-0.15, -0.1) is 12.4 Å². The number of unbranched alkanes of at least 4 members (excludes halogenated alkanes) is 3. The Hall–Kier alpha value is -3.98. The standard InChI is InChI=1S/C31H35F2N5O4.ClH/c1-41-26-10-9-20(16-25(26)33)30-27(42-15-5-3-2-4-6-29(39)37-40)18-28(38-13-11-23(35)12-14-38)36-31(30)21-7-8-22(19-34)24(32)17-21;/h7-10,16-18,23,40H,2-6,11-15,35H2,1H3,(H,37,39);1H. The number of ether oxygens (including phenoxy) is 2. The molecule has 230 valence electrons. The second kappa shape index (κ2) is 16.0. The van der Waals surface area contributed by atoms with Crippen LogP contribution in [0.4, 0.5) is 14.6 Å². The highest BCUT2D eigenvalue weighted by atomic mass is 35.5. The topological polar surface area (TPSA) is 134 Å². The highest BCUT2D eigenvalue weighted by Crippen LogP contribution is 2.42. The number of pyridine rings is 1. The number of hydrogen-bond donors (Lipinski definition) is 3. The van der Waals surface area contributed by atoms with E-state index in [9.17, 15) is 18.8 Å². The quantitative estimate of drug-likeness (QED) is 0.133. The van der Waals surface area contributed by atoms with Gasteiger partial charge in [0.15, 0.2) is 11.6 Å². The Labute approximate surface area is 256 Å². The summed E-state index contributed by atoms with van der Waals surface area (Å²) in [5.74, 6) is -0.508. The van der Waals surface area contributed by atoms with Crippen LogP contribution in [0.15, 0.2) is 42.5 Å². The average molecular weight is 616 g/mol. The molecule has 1 aromatic heterocycles. The van der Waals surface area contributed by atoms with Crippen LogP contribution < -0.4 is 25.6 Å². The first-order valence-corrected chi connectivity index (χ1v) is 14.0. The van der Waals surface area contributed by atoms with Gasteiger partial charge in [0, 0.05) is 37.2 Å². The molecule has 0 spiro atoms. The number of hydroxylamine groups is 1. The molecule has 4 N–H and O–H groups in total. The van der Waals surface area contributed by atoms with Gasteiger partial charge in [0.2, 0.25) is 5.91 Å². The minimum Gasteiger partial charge on any atom is -0.494 e. The van der Waals surface area contributed by atoms with Gasteiger partial charge in [0.25, 0.3) is 0 Å². The highest BCUT2D eigenvalue weighted by molar-refractivity contribution is 5.87. The third-order valence-corrected chi connectivity index (χ3v) is 7.32. The molecule has 0 saturated carbocycles. The van der Waals surface area contributed by atoms with E-state index in [1.54, 1.807) is 17.6 Å². The molecule has 12 heteroatoms. The molecule has 0 atom stereocenters. The summed E-state index contributed by atoms with van der Waals surface area (Å²) in [5, 5.41) is 17.9. The largest absolute Gasteiger partial charge is 0.494 e. The number of piperidine rings is 1. The Morgan fingerprint density at radius 2 is 1.77 bits per heavy atom. The summed E-state index contributed by atoms with van der Waals surface area (Å²) in [6.07, 6.45) is 4.71. The molecule has 0 radical (unpaired) electrons. The van der Waals surface area contributed by atoms with Crippen LogP contribution in [0.3, 0.4) is 0 Å². The summed E-state index contributed by atoms with van der Waals surface area (Å²) in [6, 6.07) is 12.6. The van der Waals surface area contributed by atoms with Gasteiger partial charge >= 0.3 is 0 Å². The zero-order valence-electron chi connectivity index (χ0n) is 23.9. The number of anilines is 1. The monoisotopic (exact) mass is 615 g/mol. The van der Waals surface area contributed by atoms with Crippen molar-refractivity contribution in [2.24, 2.45) is 5.73 Å². The lowest BCUT2D eigenvalue weighted by Crippen LogP contribution is -2.40. The molecule has 0 unspecified atom stereocenters. The molecular weight excluding hydrogens is 580 g/mol. The van der Waals surface area contributed by atoms with Gasteiger partial charge in [-0.3, -0.25) is 10.0 Å². The highest BCUT2D eigenvalue weighted by Gasteiger charge is 2.24. The Kier molecular flexibility index (Phi) is 12.5. The molecule has 1 saturated heterocycles. The Balaban J connectivity index is 0.00000506. The molecule has 1 amide bonds. The molecule has 1 fully saturated rings. The number of nitriles is 1. The fourth-order valence-electron chi connectivity index (χ4n) is 4.96. The molecule has 0 bridgehead atoms. The van der Waals surface area contributed by atoms with Gasteiger partial charge in [0.1, 0.15) is 23.5 Å². The van der Waals surface area contributed by atoms with Crippen molar-refractivity contribution in [3.8, 4) is 40.0 Å². The fourth-order valence-corrected chi connectivity index (χ4v) is 4.96. The van der Waals surface area contributed by atoms with E-state index >= 15 is 0 Å². The maximum absolute atomic E-state index is 14.9. The summed E-state index contributed by atoms with van der Waals surface area (Å²) in [7, 11) is 1.38. The normalized spacial score (nSPS) is 13.2. The van der Waals surface area contributed by atoms with Crippen LogP contribution in [-0.4, -0.2) is 48.9 Å². The van der Waals surface area contributed by atoms with Crippen LogP contribution in [0.25, 0.3) is 22.4 Å². The number of amides is 1. The molecule has 1 aliphatic heterocycles. The molecule has 1 aliphatic rings. The lowest BCUT2D eigenvalue weighted by Gasteiger charge is -2.32. The summed E-state index contributed by atoms with van der Waals surface area (Å²) >= 11 is 0. The SMILES string of the molecule is COc1ccc(-c2c(OCCCCCCC(=O)NO)cc(N3CCC(N)CC3)nc2-c2ccc(C#N)c(F)c2)cc1F.Cl. The molecule has 43 heavy (non-hydrogen) atoms. The van der Waals surface area contributed by atoms with Crippen molar-refractivity contribution in [3.63, 3.8) is 0 Å². The van der Waals surface area contributed by atoms with E-state index in [1.807, 2.05) is 12.1 Å². The van der Waals surface area contributed by atoms with Gasteiger partial charge in [-0.1, -0.05) is 25.0 Å². The van der Waals surface area contributed by atoms with Crippen molar-refractivity contribution in [3.05, 3.63) is 59.7 Å². The number of nitrogens with two attached hydrogens (primary N) is 1. The van der Waals surface area contributed by atoms with Gasteiger partial charge in [-0.05, 0) is 55.5 Å². The van der Waals surface area contributed by atoms with Crippen molar-refractivity contribution < 1.29 is 28.3 Å². The molecule has 0 aliphatic carbocycles. The predicted octanol–water partition coefficient (Wildman–Crippen LogP) is 5.76. The molecule has 4 rings (SSSR count). The predicted molar refractivity (Wildman–Crippen MR) is 161 cm³/mol. The van der Waals surface area contributed by atoms with Crippen LogP contribution in [0.2, 0.25) is 0 Å². The molecular formula is C31H36ClF2N5O4. The van der Waals surface area contributed by atoms with Crippen molar-refractivity contribution in [1.82, 2.24) is 10.5 Å². The molecule has 2 aromatic carbocycles. The fraction of sp³-hybridized carbons (Fsp3) is 0.387. The van der Waals surface area contributed by atoms with E-state index in [-0.39, 0.29) is 36.2 Å². The second-order valence-electron chi connectivity index (χ2n) is 10.2. The van der Waals surface area contributed by atoms with Gasteiger partial charge < -0.3 is 20.1 Å². The first-order chi connectivity index (χ1) is 20.3. The smallest absolute Gasteiger partial charge is 0.243 e. The number of carbonyl (C=O) groups is 1. The lowest BCUT2D eigenvalue weighted by atomic mass is 9.96. The van der Waals surface area contributed by atoms with Crippen LogP contribution in [-0.2, 0) is 4.79 Å². The minimum absolute atomic E-state index is 0.